The molecule has 27 heavy (non-hydrogen) atoms. The van der Waals surface area contributed by atoms with Crippen molar-refractivity contribution in [2.45, 2.75) is 49.6 Å². The first-order chi connectivity index (χ1) is 12.7. The number of esters is 1. The summed E-state index contributed by atoms with van der Waals surface area (Å²) in [5.74, 6) is -0.876. The zero-order valence-electron chi connectivity index (χ0n) is 16.2. The van der Waals surface area contributed by atoms with Crippen LogP contribution in [0.1, 0.15) is 42.5 Å². The van der Waals surface area contributed by atoms with Gasteiger partial charge < -0.3 is 9.72 Å². The zero-order chi connectivity index (χ0) is 20.3. The van der Waals surface area contributed by atoms with Gasteiger partial charge in [-0.15, -0.1) is 6.58 Å². The lowest BCUT2D eigenvalue weighted by atomic mass is 10.1. The number of carbonyl (C=O) groups is 1. The lowest BCUT2D eigenvalue weighted by molar-refractivity contribution is -0.143. The second kappa shape index (κ2) is 8.43. The van der Waals surface area contributed by atoms with Gasteiger partial charge in [0.2, 0.25) is 0 Å². The van der Waals surface area contributed by atoms with Crippen molar-refractivity contribution in [3.63, 3.8) is 0 Å². The number of ether oxygens (including phenoxy) is 1. The number of benzene rings is 1. The van der Waals surface area contributed by atoms with Gasteiger partial charge in [0, 0.05) is 4.90 Å². The second-order valence-electron chi connectivity index (χ2n) is 6.63. The minimum atomic E-state index is -1.18. The SMILES string of the molecule is C=CC(C(=O)OC)n1c(=O)[nH]c(Sc2cc(C)cc(C)c2)c(C(C)C)c1=O. The molecule has 1 aromatic carbocycles. The number of aromatic amines is 1. The Kier molecular flexibility index (Phi) is 6.49. The van der Waals surface area contributed by atoms with Crippen LogP contribution in [-0.2, 0) is 9.53 Å². The standard InChI is InChI=1S/C20H24N2O4S/c1-7-15(19(24)26-6)22-18(23)16(11(2)3)17(21-20(22)25)27-14-9-12(4)8-13(5)10-14/h7-11,15H,1H2,2-6H3,(H,21,25). The number of methoxy groups -OCH3 is 1. The molecule has 1 unspecified atom stereocenters. The van der Waals surface area contributed by atoms with E-state index in [-0.39, 0.29) is 5.92 Å². The van der Waals surface area contributed by atoms with Gasteiger partial charge in [-0.25, -0.2) is 14.2 Å². The van der Waals surface area contributed by atoms with Crippen molar-refractivity contribution in [2.75, 3.05) is 7.11 Å². The van der Waals surface area contributed by atoms with Crippen LogP contribution in [0.4, 0.5) is 0 Å². The van der Waals surface area contributed by atoms with E-state index in [1.165, 1.54) is 24.9 Å². The number of rotatable bonds is 6. The summed E-state index contributed by atoms with van der Waals surface area (Å²) in [6.07, 6.45) is 1.23. The number of carbonyl (C=O) groups excluding carboxylic acids is 1. The summed E-state index contributed by atoms with van der Waals surface area (Å²) >= 11 is 1.33. The summed E-state index contributed by atoms with van der Waals surface area (Å²) in [4.78, 5) is 41.3. The van der Waals surface area contributed by atoms with E-state index in [0.717, 1.165) is 20.6 Å². The van der Waals surface area contributed by atoms with Crippen LogP contribution in [0.15, 0.2) is 50.4 Å². The van der Waals surface area contributed by atoms with Gasteiger partial charge in [-0.1, -0.05) is 37.8 Å². The number of H-pyrrole nitrogens is 1. The smallest absolute Gasteiger partial charge is 0.333 e. The number of hydrogen-bond donors (Lipinski definition) is 1. The van der Waals surface area contributed by atoms with E-state index in [1.54, 1.807) is 0 Å². The third-order valence-corrected chi connectivity index (χ3v) is 5.07. The molecular weight excluding hydrogens is 364 g/mol. The summed E-state index contributed by atoms with van der Waals surface area (Å²) in [6.45, 7) is 11.3. The number of nitrogens with zero attached hydrogens (tertiary/aromatic N) is 1. The summed E-state index contributed by atoms with van der Waals surface area (Å²) in [5.41, 5.74) is 1.44. The predicted octanol–water partition coefficient (Wildman–Crippen LogP) is 3.33. The first kappa shape index (κ1) is 20.8. The predicted molar refractivity (Wildman–Crippen MR) is 107 cm³/mol. The molecule has 0 aliphatic carbocycles. The number of hydrogen-bond acceptors (Lipinski definition) is 5. The lowest BCUT2D eigenvalue weighted by Gasteiger charge is -2.18. The Morgan fingerprint density at radius 2 is 1.81 bits per heavy atom. The maximum atomic E-state index is 13.1. The molecule has 1 N–H and O–H groups in total. The van der Waals surface area contributed by atoms with Crippen LogP contribution < -0.4 is 11.2 Å². The molecular formula is C20H24N2O4S. The van der Waals surface area contributed by atoms with Crippen LogP contribution in [0.2, 0.25) is 0 Å². The fourth-order valence-corrected chi connectivity index (χ4v) is 4.22. The third kappa shape index (κ3) is 4.42. The van der Waals surface area contributed by atoms with Crippen molar-refractivity contribution in [2.24, 2.45) is 0 Å². The molecule has 0 aliphatic rings. The van der Waals surface area contributed by atoms with E-state index in [9.17, 15) is 14.4 Å². The lowest BCUT2D eigenvalue weighted by Crippen LogP contribution is -2.42. The molecule has 1 aromatic heterocycles. The molecule has 1 heterocycles. The highest BCUT2D eigenvalue weighted by molar-refractivity contribution is 7.99. The quantitative estimate of drug-likeness (QED) is 0.466. The maximum absolute atomic E-state index is 13.1. The van der Waals surface area contributed by atoms with E-state index < -0.39 is 23.3 Å². The third-order valence-electron chi connectivity index (χ3n) is 4.07. The molecule has 144 valence electrons. The van der Waals surface area contributed by atoms with Gasteiger partial charge >= 0.3 is 11.7 Å². The first-order valence-electron chi connectivity index (χ1n) is 8.54. The topological polar surface area (TPSA) is 81.2 Å². The Balaban J connectivity index is 2.67. The van der Waals surface area contributed by atoms with Crippen molar-refractivity contribution < 1.29 is 9.53 Å². The molecule has 2 aromatic rings. The number of aromatic nitrogens is 2. The Hall–Kier alpha value is -2.54. The molecule has 0 radical (unpaired) electrons. The highest BCUT2D eigenvalue weighted by Crippen LogP contribution is 2.31. The molecule has 6 nitrogen and oxygen atoms in total. The summed E-state index contributed by atoms with van der Waals surface area (Å²) in [7, 11) is 1.20. The van der Waals surface area contributed by atoms with Gasteiger partial charge in [0.1, 0.15) is 0 Å². The molecule has 0 amide bonds. The van der Waals surface area contributed by atoms with E-state index in [4.69, 9.17) is 4.74 Å². The Morgan fingerprint density at radius 1 is 1.22 bits per heavy atom. The van der Waals surface area contributed by atoms with Gasteiger partial charge in [-0.2, -0.15) is 0 Å². The van der Waals surface area contributed by atoms with Gasteiger partial charge in [-0.3, -0.25) is 4.79 Å². The van der Waals surface area contributed by atoms with Crippen molar-refractivity contribution in [1.29, 1.82) is 0 Å². The van der Waals surface area contributed by atoms with E-state index in [1.807, 2.05) is 39.8 Å². The molecule has 0 saturated carbocycles. The van der Waals surface area contributed by atoms with Crippen LogP contribution in [0, 0.1) is 13.8 Å². The van der Waals surface area contributed by atoms with Gasteiger partial charge in [0.15, 0.2) is 6.04 Å². The zero-order valence-corrected chi connectivity index (χ0v) is 17.0. The summed E-state index contributed by atoms with van der Waals surface area (Å²) < 4.78 is 5.55. The minimum Gasteiger partial charge on any atom is -0.467 e. The highest BCUT2D eigenvalue weighted by atomic mass is 32.2. The molecule has 0 fully saturated rings. The average Bonchev–Trinajstić information content (AvgIpc) is 2.56. The molecule has 0 bridgehead atoms. The van der Waals surface area contributed by atoms with Crippen molar-refractivity contribution >= 4 is 17.7 Å². The largest absolute Gasteiger partial charge is 0.467 e. The molecule has 0 saturated heterocycles. The molecule has 0 aliphatic heterocycles. The fraction of sp³-hybridized carbons (Fsp3) is 0.350. The van der Waals surface area contributed by atoms with Crippen LogP contribution in [0.5, 0.6) is 0 Å². The van der Waals surface area contributed by atoms with E-state index in [2.05, 4.69) is 17.6 Å². The number of nitrogens with one attached hydrogen (secondary N) is 1. The normalized spacial score (nSPS) is 12.1. The Bertz CT molecular complexity index is 968. The monoisotopic (exact) mass is 388 g/mol. The van der Waals surface area contributed by atoms with Crippen molar-refractivity contribution in [3.8, 4) is 0 Å². The minimum absolute atomic E-state index is 0.155. The van der Waals surface area contributed by atoms with E-state index >= 15 is 0 Å². The fourth-order valence-electron chi connectivity index (χ4n) is 2.92. The first-order valence-corrected chi connectivity index (χ1v) is 9.36. The van der Waals surface area contributed by atoms with Gasteiger partial charge in [0.05, 0.1) is 17.7 Å². The van der Waals surface area contributed by atoms with Crippen molar-refractivity contribution in [1.82, 2.24) is 9.55 Å². The van der Waals surface area contributed by atoms with Gasteiger partial charge in [-0.05, 0) is 43.0 Å². The highest BCUT2D eigenvalue weighted by Gasteiger charge is 2.26. The van der Waals surface area contributed by atoms with Crippen LogP contribution >= 0.6 is 11.8 Å². The van der Waals surface area contributed by atoms with Gasteiger partial charge in [0.25, 0.3) is 5.56 Å². The summed E-state index contributed by atoms with van der Waals surface area (Å²) in [5, 5.41) is 0.480. The molecule has 1 atom stereocenters. The Labute approximate surface area is 162 Å². The molecule has 0 spiro atoms. The summed E-state index contributed by atoms with van der Waals surface area (Å²) in [6, 6.07) is 4.86. The van der Waals surface area contributed by atoms with Crippen LogP contribution in [0.3, 0.4) is 0 Å². The van der Waals surface area contributed by atoms with Crippen LogP contribution in [-0.4, -0.2) is 22.6 Å². The van der Waals surface area contributed by atoms with Crippen LogP contribution in [0.25, 0.3) is 0 Å². The van der Waals surface area contributed by atoms with E-state index in [0.29, 0.717) is 10.6 Å². The number of aryl methyl sites for hydroxylation is 2. The molecule has 2 rings (SSSR count). The maximum Gasteiger partial charge on any atom is 0.333 e. The second-order valence-corrected chi connectivity index (χ2v) is 7.72. The van der Waals surface area contributed by atoms with Crippen molar-refractivity contribution in [3.05, 3.63) is 68.4 Å². The Morgan fingerprint density at radius 3 is 2.30 bits per heavy atom. The average molecular weight is 388 g/mol. The molecule has 7 heteroatoms.